The number of hydrogen-bond acceptors (Lipinski definition) is 1. The van der Waals surface area contributed by atoms with E-state index in [9.17, 15) is 4.79 Å². The van der Waals surface area contributed by atoms with Gasteiger partial charge in [0.05, 0.1) is 16.0 Å². The Morgan fingerprint density at radius 3 is 2.62 bits per heavy atom. The van der Waals surface area contributed by atoms with Gasteiger partial charge in [0, 0.05) is 0 Å². The van der Waals surface area contributed by atoms with Crippen LogP contribution in [0, 0.1) is 5.92 Å². The molecule has 1 atom stereocenters. The third-order valence-corrected chi connectivity index (χ3v) is 3.01. The highest BCUT2D eigenvalue weighted by Gasteiger charge is 2.16. The van der Waals surface area contributed by atoms with Crippen molar-refractivity contribution in [2.45, 2.75) is 12.8 Å². The first kappa shape index (κ1) is 13.1. The van der Waals surface area contributed by atoms with Gasteiger partial charge in [-0.25, -0.2) is 0 Å². The molecule has 1 unspecified atom stereocenters. The van der Waals surface area contributed by atoms with E-state index in [-0.39, 0.29) is 0 Å². The minimum atomic E-state index is -0.828. The first-order chi connectivity index (χ1) is 7.54. The van der Waals surface area contributed by atoms with Crippen LogP contribution in [-0.4, -0.2) is 11.1 Å². The fourth-order valence-electron chi connectivity index (χ4n) is 1.42. The number of halogens is 2. The van der Waals surface area contributed by atoms with Crippen LogP contribution in [-0.2, 0) is 11.2 Å². The highest BCUT2D eigenvalue weighted by atomic mass is 35.5. The molecule has 86 valence electrons. The zero-order chi connectivity index (χ0) is 12.1. The van der Waals surface area contributed by atoms with Crippen molar-refractivity contribution in [1.29, 1.82) is 0 Å². The van der Waals surface area contributed by atoms with E-state index in [2.05, 4.69) is 6.58 Å². The summed E-state index contributed by atoms with van der Waals surface area (Å²) in [5, 5.41) is 9.90. The summed E-state index contributed by atoms with van der Waals surface area (Å²) in [5.74, 6) is -1.29. The fourth-order valence-corrected chi connectivity index (χ4v) is 1.74. The lowest BCUT2D eigenvalue weighted by atomic mass is 9.96. The lowest BCUT2D eigenvalue weighted by molar-refractivity contribution is -0.141. The molecule has 1 aromatic rings. The van der Waals surface area contributed by atoms with E-state index >= 15 is 0 Å². The Bertz CT molecular complexity index is 402. The summed E-state index contributed by atoms with van der Waals surface area (Å²) < 4.78 is 0. The number of allylic oxidation sites excluding steroid dienone is 1. The van der Waals surface area contributed by atoms with E-state index < -0.39 is 11.9 Å². The van der Waals surface area contributed by atoms with Crippen LogP contribution in [0.1, 0.15) is 12.0 Å². The molecular weight excluding hydrogens is 247 g/mol. The Morgan fingerprint density at radius 1 is 1.44 bits per heavy atom. The molecule has 0 aromatic heterocycles. The third kappa shape index (κ3) is 3.54. The van der Waals surface area contributed by atoms with Crippen molar-refractivity contribution in [1.82, 2.24) is 0 Å². The van der Waals surface area contributed by atoms with Gasteiger partial charge in [-0.15, -0.1) is 6.58 Å². The summed E-state index contributed by atoms with van der Waals surface area (Å²) in [7, 11) is 0. The maximum atomic E-state index is 10.9. The van der Waals surface area contributed by atoms with Crippen LogP contribution >= 0.6 is 23.2 Å². The molecule has 0 amide bonds. The van der Waals surface area contributed by atoms with Gasteiger partial charge in [0.25, 0.3) is 0 Å². The maximum Gasteiger partial charge on any atom is 0.307 e. The first-order valence-corrected chi connectivity index (χ1v) is 5.57. The van der Waals surface area contributed by atoms with E-state index in [1.165, 1.54) is 0 Å². The zero-order valence-electron chi connectivity index (χ0n) is 8.62. The summed E-state index contributed by atoms with van der Waals surface area (Å²) in [5.41, 5.74) is 0.864. The topological polar surface area (TPSA) is 37.3 Å². The number of hydrogen-bond donors (Lipinski definition) is 1. The molecule has 0 fully saturated rings. The van der Waals surface area contributed by atoms with Crippen molar-refractivity contribution in [3.63, 3.8) is 0 Å². The molecule has 0 saturated heterocycles. The van der Waals surface area contributed by atoms with Crippen LogP contribution in [0.3, 0.4) is 0 Å². The molecule has 0 radical (unpaired) electrons. The second-order valence-electron chi connectivity index (χ2n) is 3.51. The molecule has 4 heteroatoms. The number of carboxylic acids is 1. The lowest BCUT2D eigenvalue weighted by Gasteiger charge is -2.10. The van der Waals surface area contributed by atoms with E-state index in [0.717, 1.165) is 5.56 Å². The SMILES string of the molecule is C=CCC(Cc1ccc(Cl)c(Cl)c1)C(=O)O. The lowest BCUT2D eigenvalue weighted by Crippen LogP contribution is -2.15. The second kappa shape index (κ2) is 5.92. The molecule has 0 spiro atoms. The predicted molar refractivity (Wildman–Crippen MR) is 66.1 cm³/mol. The summed E-state index contributed by atoms with van der Waals surface area (Å²) in [6.45, 7) is 3.55. The second-order valence-corrected chi connectivity index (χ2v) is 4.33. The molecule has 0 saturated carbocycles. The van der Waals surface area contributed by atoms with E-state index in [1.54, 1.807) is 24.3 Å². The summed E-state index contributed by atoms with van der Waals surface area (Å²) in [6, 6.07) is 5.15. The monoisotopic (exact) mass is 258 g/mol. The van der Waals surface area contributed by atoms with Gasteiger partial charge in [-0.2, -0.15) is 0 Å². The van der Waals surface area contributed by atoms with Gasteiger partial charge in [-0.05, 0) is 30.5 Å². The molecule has 0 aliphatic carbocycles. The molecule has 0 aliphatic heterocycles. The van der Waals surface area contributed by atoms with Gasteiger partial charge >= 0.3 is 5.97 Å². The highest BCUT2D eigenvalue weighted by Crippen LogP contribution is 2.24. The number of benzene rings is 1. The number of aliphatic carboxylic acids is 1. The highest BCUT2D eigenvalue weighted by molar-refractivity contribution is 6.42. The minimum Gasteiger partial charge on any atom is -0.481 e. The molecule has 1 rings (SSSR count). The summed E-state index contributed by atoms with van der Waals surface area (Å²) in [6.07, 6.45) is 2.48. The average molecular weight is 259 g/mol. The van der Waals surface area contributed by atoms with Crippen LogP contribution in [0.25, 0.3) is 0 Å². The normalized spacial score (nSPS) is 12.1. The molecule has 0 aliphatic rings. The molecule has 1 N–H and O–H groups in total. The van der Waals surface area contributed by atoms with Crippen LogP contribution in [0.2, 0.25) is 10.0 Å². The van der Waals surface area contributed by atoms with Gasteiger partial charge < -0.3 is 5.11 Å². The van der Waals surface area contributed by atoms with Crippen LogP contribution < -0.4 is 0 Å². The summed E-state index contributed by atoms with van der Waals surface area (Å²) >= 11 is 11.6. The van der Waals surface area contributed by atoms with E-state index in [4.69, 9.17) is 28.3 Å². The minimum absolute atomic E-state index is 0.429. The van der Waals surface area contributed by atoms with Crippen LogP contribution in [0.15, 0.2) is 30.9 Å². The zero-order valence-corrected chi connectivity index (χ0v) is 10.1. The molecule has 16 heavy (non-hydrogen) atoms. The maximum absolute atomic E-state index is 10.9. The van der Waals surface area contributed by atoms with Gasteiger partial charge in [-0.3, -0.25) is 4.79 Å². The molecule has 0 heterocycles. The van der Waals surface area contributed by atoms with Crippen molar-refractivity contribution in [3.05, 3.63) is 46.5 Å². The molecule has 0 bridgehead atoms. The standard InChI is InChI=1S/C12H12Cl2O2/c1-2-3-9(12(15)16)6-8-4-5-10(13)11(14)7-8/h2,4-5,7,9H,1,3,6H2,(H,15,16). The van der Waals surface area contributed by atoms with Crippen molar-refractivity contribution < 1.29 is 9.90 Å². The largest absolute Gasteiger partial charge is 0.481 e. The number of carboxylic acid groups (broad SMARTS) is 1. The average Bonchev–Trinajstić information content (AvgIpc) is 2.22. The Hall–Kier alpha value is -0.990. The number of rotatable bonds is 5. The molecular formula is C12H12Cl2O2. The Labute approximate surface area is 104 Å². The predicted octanol–water partition coefficient (Wildman–Crippen LogP) is 3.81. The van der Waals surface area contributed by atoms with Crippen LogP contribution in [0.4, 0.5) is 0 Å². The number of carbonyl (C=O) groups is 1. The van der Waals surface area contributed by atoms with Gasteiger partial charge in [0.1, 0.15) is 0 Å². The van der Waals surface area contributed by atoms with Crippen molar-refractivity contribution in [3.8, 4) is 0 Å². The summed E-state index contributed by atoms with van der Waals surface area (Å²) in [4.78, 5) is 10.9. The van der Waals surface area contributed by atoms with Crippen molar-refractivity contribution in [2.75, 3.05) is 0 Å². The van der Waals surface area contributed by atoms with Gasteiger partial charge in [0.15, 0.2) is 0 Å². The van der Waals surface area contributed by atoms with Gasteiger partial charge in [0.2, 0.25) is 0 Å². The van der Waals surface area contributed by atoms with E-state index in [1.807, 2.05) is 0 Å². The Kier molecular flexibility index (Phi) is 4.84. The van der Waals surface area contributed by atoms with Crippen molar-refractivity contribution in [2.24, 2.45) is 5.92 Å². The quantitative estimate of drug-likeness (QED) is 0.816. The third-order valence-electron chi connectivity index (χ3n) is 2.27. The van der Waals surface area contributed by atoms with Crippen LogP contribution in [0.5, 0.6) is 0 Å². The first-order valence-electron chi connectivity index (χ1n) is 4.82. The molecule has 2 nitrogen and oxygen atoms in total. The fraction of sp³-hybridized carbons (Fsp3) is 0.250. The van der Waals surface area contributed by atoms with E-state index in [0.29, 0.717) is 22.9 Å². The Balaban J connectivity index is 2.81. The molecule has 1 aromatic carbocycles. The van der Waals surface area contributed by atoms with Crippen molar-refractivity contribution >= 4 is 29.2 Å². The van der Waals surface area contributed by atoms with Gasteiger partial charge in [-0.1, -0.05) is 35.3 Å². The smallest absolute Gasteiger partial charge is 0.307 e. The Morgan fingerprint density at radius 2 is 2.12 bits per heavy atom.